The summed E-state index contributed by atoms with van der Waals surface area (Å²) in [5.74, 6) is 0.951. The summed E-state index contributed by atoms with van der Waals surface area (Å²) in [6.45, 7) is 3.78. The highest BCUT2D eigenvalue weighted by molar-refractivity contribution is 5.81. The lowest BCUT2D eigenvalue weighted by atomic mass is 10.2. The van der Waals surface area contributed by atoms with Crippen LogP contribution >= 0.6 is 0 Å². The maximum absolute atomic E-state index is 5.68. The first-order chi connectivity index (χ1) is 6.79. The minimum Gasteiger partial charge on any atom is -0.460 e. The molecule has 2 rings (SSSR count). The number of nitrogens with two attached hydrogens (primary N) is 1. The fraction of sp³-hybridized carbons (Fsp3) is 0.273. The summed E-state index contributed by atoms with van der Waals surface area (Å²) in [6, 6.07) is 7.70. The van der Waals surface area contributed by atoms with Gasteiger partial charge in [0.05, 0.1) is 6.54 Å². The molecule has 1 aromatic heterocycles. The van der Waals surface area contributed by atoms with Gasteiger partial charge >= 0.3 is 0 Å². The summed E-state index contributed by atoms with van der Waals surface area (Å²) in [4.78, 5) is 0. The Bertz CT molecular complexity index is 434. The molecule has 74 valence electrons. The quantitative estimate of drug-likeness (QED) is 0.729. The molecule has 0 amide bonds. The van der Waals surface area contributed by atoms with Crippen molar-refractivity contribution in [3.63, 3.8) is 0 Å². The van der Waals surface area contributed by atoms with Gasteiger partial charge in [-0.3, -0.25) is 0 Å². The van der Waals surface area contributed by atoms with Gasteiger partial charge in [0.1, 0.15) is 11.3 Å². The summed E-state index contributed by atoms with van der Waals surface area (Å²) in [6.07, 6.45) is 0. The highest BCUT2D eigenvalue weighted by atomic mass is 16.3. The van der Waals surface area contributed by atoms with Crippen LogP contribution in [0.3, 0.4) is 0 Å². The van der Waals surface area contributed by atoms with Gasteiger partial charge in [0.25, 0.3) is 0 Å². The topological polar surface area (TPSA) is 51.2 Å². The van der Waals surface area contributed by atoms with E-state index in [2.05, 4.69) is 12.2 Å². The standard InChI is InChI=1S/C11H14N2O/c1-2-13-7-10-6-8-5-9(12)3-4-11(8)14-10/h3-6,13H,2,7,12H2,1H3. The minimum atomic E-state index is 0.769. The molecule has 0 bridgehead atoms. The number of hydrogen-bond donors (Lipinski definition) is 2. The van der Waals surface area contributed by atoms with Crippen molar-refractivity contribution in [3.8, 4) is 0 Å². The minimum absolute atomic E-state index is 0.769. The predicted octanol–water partition coefficient (Wildman–Crippen LogP) is 2.12. The molecule has 0 spiro atoms. The third-order valence-electron chi connectivity index (χ3n) is 2.14. The van der Waals surface area contributed by atoms with Crippen LogP contribution < -0.4 is 11.1 Å². The average Bonchev–Trinajstić information content (AvgIpc) is 2.56. The molecule has 3 heteroatoms. The van der Waals surface area contributed by atoms with Gasteiger partial charge < -0.3 is 15.5 Å². The highest BCUT2D eigenvalue weighted by Gasteiger charge is 2.02. The van der Waals surface area contributed by atoms with E-state index in [0.29, 0.717) is 0 Å². The third-order valence-corrected chi connectivity index (χ3v) is 2.14. The molecule has 0 saturated carbocycles. The van der Waals surface area contributed by atoms with E-state index < -0.39 is 0 Å². The molecule has 3 nitrogen and oxygen atoms in total. The molecule has 1 heterocycles. The Balaban J connectivity index is 2.32. The Labute approximate surface area is 82.9 Å². The van der Waals surface area contributed by atoms with Crippen LogP contribution in [0.2, 0.25) is 0 Å². The summed E-state index contributed by atoms with van der Waals surface area (Å²) < 4.78 is 5.61. The number of hydrogen-bond acceptors (Lipinski definition) is 3. The first kappa shape index (κ1) is 9.09. The van der Waals surface area contributed by atoms with Crippen molar-refractivity contribution in [3.05, 3.63) is 30.0 Å². The molecule has 0 unspecified atom stereocenters. The average molecular weight is 190 g/mol. The number of nitrogen functional groups attached to an aromatic ring is 1. The SMILES string of the molecule is CCNCc1cc2cc(N)ccc2o1. The first-order valence-electron chi connectivity index (χ1n) is 4.78. The van der Waals surface area contributed by atoms with E-state index in [-0.39, 0.29) is 0 Å². The van der Waals surface area contributed by atoms with E-state index in [1.54, 1.807) is 0 Å². The van der Waals surface area contributed by atoms with Crippen molar-refractivity contribution >= 4 is 16.7 Å². The van der Waals surface area contributed by atoms with Crippen molar-refractivity contribution in [1.29, 1.82) is 0 Å². The summed E-state index contributed by atoms with van der Waals surface area (Å²) in [5, 5.41) is 4.28. The molecule has 2 aromatic rings. The van der Waals surface area contributed by atoms with Gasteiger partial charge in [0.15, 0.2) is 0 Å². The molecule has 0 saturated heterocycles. The van der Waals surface area contributed by atoms with Crippen LogP contribution in [0.5, 0.6) is 0 Å². The van der Waals surface area contributed by atoms with Crippen molar-refractivity contribution < 1.29 is 4.42 Å². The fourth-order valence-corrected chi connectivity index (χ4v) is 1.45. The number of anilines is 1. The molecule has 0 aliphatic carbocycles. The van der Waals surface area contributed by atoms with Crippen molar-refractivity contribution in [2.45, 2.75) is 13.5 Å². The molecule has 3 N–H and O–H groups in total. The maximum atomic E-state index is 5.68. The molecule has 14 heavy (non-hydrogen) atoms. The monoisotopic (exact) mass is 190 g/mol. The van der Waals surface area contributed by atoms with Crippen LogP contribution in [0.25, 0.3) is 11.0 Å². The third kappa shape index (κ3) is 1.72. The van der Waals surface area contributed by atoms with Gasteiger partial charge in [-0.2, -0.15) is 0 Å². The van der Waals surface area contributed by atoms with Gasteiger partial charge in [-0.15, -0.1) is 0 Å². The Hall–Kier alpha value is -1.48. The number of benzene rings is 1. The zero-order valence-electron chi connectivity index (χ0n) is 8.21. The number of nitrogens with one attached hydrogen (secondary N) is 1. The molecule has 1 aromatic carbocycles. The Morgan fingerprint density at radius 2 is 2.21 bits per heavy atom. The summed E-state index contributed by atoms with van der Waals surface area (Å²) >= 11 is 0. The van der Waals surface area contributed by atoms with Gasteiger partial charge in [0, 0.05) is 11.1 Å². The van der Waals surface area contributed by atoms with Gasteiger partial charge in [-0.25, -0.2) is 0 Å². The van der Waals surface area contributed by atoms with Gasteiger partial charge in [-0.1, -0.05) is 6.92 Å². The molecular weight excluding hydrogens is 176 g/mol. The lowest BCUT2D eigenvalue weighted by molar-refractivity contribution is 0.520. The summed E-state index contributed by atoms with van der Waals surface area (Å²) in [7, 11) is 0. The number of fused-ring (bicyclic) bond motifs is 1. The molecule has 0 aliphatic heterocycles. The van der Waals surface area contributed by atoms with Gasteiger partial charge in [-0.05, 0) is 30.8 Å². The normalized spacial score (nSPS) is 10.9. The second-order valence-electron chi connectivity index (χ2n) is 3.29. The first-order valence-corrected chi connectivity index (χ1v) is 4.78. The second kappa shape index (κ2) is 3.72. The van der Waals surface area contributed by atoms with Gasteiger partial charge in [0.2, 0.25) is 0 Å². The van der Waals surface area contributed by atoms with Crippen LogP contribution in [0, 0.1) is 0 Å². The number of furan rings is 1. The second-order valence-corrected chi connectivity index (χ2v) is 3.29. The molecular formula is C11H14N2O. The lowest BCUT2D eigenvalue weighted by Crippen LogP contribution is -2.10. The molecule has 0 radical (unpaired) electrons. The van der Waals surface area contributed by atoms with E-state index in [1.807, 2.05) is 24.3 Å². The molecule has 0 fully saturated rings. The van der Waals surface area contributed by atoms with E-state index in [4.69, 9.17) is 10.2 Å². The highest BCUT2D eigenvalue weighted by Crippen LogP contribution is 2.21. The Morgan fingerprint density at radius 1 is 1.36 bits per heavy atom. The van der Waals surface area contributed by atoms with E-state index in [1.165, 1.54) is 0 Å². The van der Waals surface area contributed by atoms with E-state index in [0.717, 1.165) is 35.5 Å². The van der Waals surface area contributed by atoms with Crippen LogP contribution in [0.4, 0.5) is 5.69 Å². The zero-order chi connectivity index (χ0) is 9.97. The van der Waals surface area contributed by atoms with Crippen LogP contribution in [0.1, 0.15) is 12.7 Å². The van der Waals surface area contributed by atoms with E-state index >= 15 is 0 Å². The molecule has 0 atom stereocenters. The Morgan fingerprint density at radius 3 is 3.00 bits per heavy atom. The predicted molar refractivity (Wildman–Crippen MR) is 58.0 cm³/mol. The Kier molecular flexibility index (Phi) is 2.41. The van der Waals surface area contributed by atoms with Crippen LogP contribution in [-0.2, 0) is 6.54 Å². The maximum Gasteiger partial charge on any atom is 0.134 e. The fourth-order valence-electron chi connectivity index (χ4n) is 1.45. The number of rotatable bonds is 3. The van der Waals surface area contributed by atoms with E-state index in [9.17, 15) is 0 Å². The lowest BCUT2D eigenvalue weighted by Gasteiger charge is -1.94. The molecule has 0 aliphatic rings. The van der Waals surface area contributed by atoms with Crippen LogP contribution in [0.15, 0.2) is 28.7 Å². The smallest absolute Gasteiger partial charge is 0.134 e. The van der Waals surface area contributed by atoms with Crippen LogP contribution in [-0.4, -0.2) is 6.54 Å². The van der Waals surface area contributed by atoms with Crippen molar-refractivity contribution in [2.75, 3.05) is 12.3 Å². The van der Waals surface area contributed by atoms with Crippen molar-refractivity contribution in [1.82, 2.24) is 5.32 Å². The summed E-state index contributed by atoms with van der Waals surface area (Å²) in [5.41, 5.74) is 7.34. The zero-order valence-corrected chi connectivity index (χ0v) is 8.21. The largest absolute Gasteiger partial charge is 0.460 e. The van der Waals surface area contributed by atoms with Crippen molar-refractivity contribution in [2.24, 2.45) is 0 Å².